The lowest BCUT2D eigenvalue weighted by molar-refractivity contribution is -0.122. The average molecular weight is 483 g/mol. The van der Waals surface area contributed by atoms with Crippen LogP contribution in [0, 0.1) is 0 Å². The lowest BCUT2D eigenvalue weighted by atomic mass is 10.1. The van der Waals surface area contributed by atoms with Crippen molar-refractivity contribution in [3.8, 4) is 0 Å². The number of hydrogen-bond acceptors (Lipinski definition) is 7. The Morgan fingerprint density at radius 2 is 1.85 bits per heavy atom. The first-order valence-corrected chi connectivity index (χ1v) is 12.5. The van der Waals surface area contributed by atoms with Crippen molar-refractivity contribution in [2.45, 2.75) is 17.4 Å². The molecular formula is C25H30N4O4S. The van der Waals surface area contributed by atoms with Gasteiger partial charge in [0.15, 0.2) is 5.58 Å². The van der Waals surface area contributed by atoms with E-state index in [9.17, 15) is 9.59 Å². The smallest absolute Gasteiger partial charge is 0.257 e. The fraction of sp³-hybridized carbons (Fsp3) is 0.400. The highest BCUT2D eigenvalue weighted by Gasteiger charge is 2.24. The number of ether oxygens (including phenoxy) is 1. The highest BCUT2D eigenvalue weighted by atomic mass is 32.2. The standard InChI is InChI=1S/C25H30N4O4S/c1-32-16-6-11-26-23(30)17-28-12-14-29(15-13-28)24(31)20-8-3-2-7-19(20)18-34-25-27-21-9-4-5-10-22(21)33-25/h2-5,7-10H,6,11-18H2,1H3,(H,26,30). The molecule has 8 nitrogen and oxygen atoms in total. The van der Waals surface area contributed by atoms with Crippen LogP contribution < -0.4 is 5.32 Å². The van der Waals surface area contributed by atoms with Crippen LogP contribution in [0.25, 0.3) is 11.1 Å². The fourth-order valence-corrected chi connectivity index (χ4v) is 4.73. The summed E-state index contributed by atoms with van der Waals surface area (Å²) in [5.74, 6) is 0.632. The van der Waals surface area contributed by atoms with Gasteiger partial charge in [0.05, 0.1) is 6.54 Å². The number of fused-ring (bicyclic) bond motifs is 1. The van der Waals surface area contributed by atoms with Gasteiger partial charge in [-0.25, -0.2) is 4.98 Å². The number of para-hydroxylation sites is 2. The van der Waals surface area contributed by atoms with Gasteiger partial charge in [-0.15, -0.1) is 0 Å². The van der Waals surface area contributed by atoms with Crippen molar-refractivity contribution in [3.05, 3.63) is 59.7 Å². The molecular weight excluding hydrogens is 452 g/mol. The number of carbonyl (C=O) groups excluding carboxylic acids is 2. The van der Waals surface area contributed by atoms with E-state index in [2.05, 4.69) is 15.2 Å². The number of amides is 2. The molecule has 0 saturated carbocycles. The predicted molar refractivity (Wildman–Crippen MR) is 132 cm³/mol. The molecule has 2 aromatic carbocycles. The second-order valence-corrected chi connectivity index (χ2v) is 9.08. The SMILES string of the molecule is COCCCNC(=O)CN1CCN(C(=O)c2ccccc2CSc2nc3ccccc3o2)CC1. The minimum atomic E-state index is 0.0115. The number of nitrogens with one attached hydrogen (secondary N) is 1. The van der Waals surface area contributed by atoms with Gasteiger partial charge >= 0.3 is 0 Å². The molecule has 0 aliphatic carbocycles. The molecule has 1 N–H and O–H groups in total. The van der Waals surface area contributed by atoms with Crippen molar-refractivity contribution < 1.29 is 18.7 Å². The number of methoxy groups -OCH3 is 1. The first kappa shape index (κ1) is 24.3. The van der Waals surface area contributed by atoms with Crippen LogP contribution in [0.1, 0.15) is 22.3 Å². The quantitative estimate of drug-likeness (QED) is 0.351. The van der Waals surface area contributed by atoms with Crippen LogP contribution in [-0.2, 0) is 15.3 Å². The maximum absolute atomic E-state index is 13.3. The molecule has 1 aromatic heterocycles. The van der Waals surface area contributed by atoms with E-state index in [0.717, 1.165) is 23.1 Å². The highest BCUT2D eigenvalue weighted by Crippen LogP contribution is 2.27. The van der Waals surface area contributed by atoms with Crippen LogP contribution in [0.15, 0.2) is 58.2 Å². The Kier molecular flexibility index (Phi) is 8.56. The zero-order valence-electron chi connectivity index (χ0n) is 19.4. The lowest BCUT2D eigenvalue weighted by Crippen LogP contribution is -2.51. The maximum atomic E-state index is 13.3. The van der Waals surface area contributed by atoms with E-state index in [1.807, 2.05) is 53.4 Å². The summed E-state index contributed by atoms with van der Waals surface area (Å²) in [4.78, 5) is 33.9. The van der Waals surface area contributed by atoms with E-state index in [4.69, 9.17) is 9.15 Å². The summed E-state index contributed by atoms with van der Waals surface area (Å²) in [6.07, 6.45) is 0.800. The molecule has 4 rings (SSSR count). The van der Waals surface area contributed by atoms with Crippen molar-refractivity contribution in [2.75, 3.05) is 53.0 Å². The minimum Gasteiger partial charge on any atom is -0.431 e. The Morgan fingerprint density at radius 3 is 2.65 bits per heavy atom. The van der Waals surface area contributed by atoms with Crippen molar-refractivity contribution in [1.29, 1.82) is 0 Å². The van der Waals surface area contributed by atoms with Gasteiger partial charge < -0.3 is 19.4 Å². The second-order valence-electron chi connectivity index (χ2n) is 8.16. The average Bonchev–Trinajstić information content (AvgIpc) is 3.29. The third-order valence-corrected chi connectivity index (χ3v) is 6.62. The zero-order chi connectivity index (χ0) is 23.8. The number of hydrogen-bond donors (Lipinski definition) is 1. The van der Waals surface area contributed by atoms with Gasteiger partial charge in [0.1, 0.15) is 5.52 Å². The van der Waals surface area contributed by atoms with E-state index < -0.39 is 0 Å². The van der Waals surface area contributed by atoms with E-state index in [-0.39, 0.29) is 11.8 Å². The van der Waals surface area contributed by atoms with E-state index in [0.29, 0.717) is 62.4 Å². The minimum absolute atomic E-state index is 0.0115. The van der Waals surface area contributed by atoms with Crippen LogP contribution in [0.5, 0.6) is 0 Å². The molecule has 0 unspecified atom stereocenters. The normalized spacial score (nSPS) is 14.4. The summed E-state index contributed by atoms with van der Waals surface area (Å²) >= 11 is 1.49. The van der Waals surface area contributed by atoms with Gasteiger partial charge in [-0.1, -0.05) is 42.1 Å². The summed E-state index contributed by atoms with van der Waals surface area (Å²) in [6.45, 7) is 4.16. The zero-order valence-corrected chi connectivity index (χ0v) is 20.2. The molecule has 0 radical (unpaired) electrons. The number of oxazole rings is 1. The number of aromatic nitrogens is 1. The summed E-state index contributed by atoms with van der Waals surface area (Å²) < 4.78 is 10.8. The van der Waals surface area contributed by atoms with E-state index in [1.54, 1.807) is 7.11 Å². The summed E-state index contributed by atoms with van der Waals surface area (Å²) in [7, 11) is 1.65. The fourth-order valence-electron chi connectivity index (χ4n) is 3.89. The Hall–Kier alpha value is -2.88. The van der Waals surface area contributed by atoms with Crippen LogP contribution in [0.2, 0.25) is 0 Å². The number of piperazine rings is 1. The Balaban J connectivity index is 1.29. The lowest BCUT2D eigenvalue weighted by Gasteiger charge is -2.34. The van der Waals surface area contributed by atoms with Gasteiger partial charge in [0.25, 0.3) is 11.1 Å². The molecule has 0 bridgehead atoms. The number of thioether (sulfide) groups is 1. The molecule has 1 aliphatic heterocycles. The number of benzene rings is 2. The van der Waals surface area contributed by atoms with Gasteiger partial charge in [0.2, 0.25) is 5.91 Å². The second kappa shape index (κ2) is 12.0. The van der Waals surface area contributed by atoms with Gasteiger partial charge in [-0.05, 0) is 30.2 Å². The predicted octanol–water partition coefficient (Wildman–Crippen LogP) is 3.03. The number of rotatable bonds is 10. The molecule has 1 saturated heterocycles. The van der Waals surface area contributed by atoms with Gasteiger partial charge in [-0.3, -0.25) is 14.5 Å². The summed E-state index contributed by atoms with van der Waals surface area (Å²) in [5, 5.41) is 3.51. The molecule has 2 amide bonds. The monoisotopic (exact) mass is 482 g/mol. The van der Waals surface area contributed by atoms with E-state index >= 15 is 0 Å². The molecule has 2 heterocycles. The van der Waals surface area contributed by atoms with Crippen LogP contribution in [0.4, 0.5) is 0 Å². The van der Waals surface area contributed by atoms with Crippen LogP contribution in [-0.4, -0.2) is 79.6 Å². The largest absolute Gasteiger partial charge is 0.431 e. The molecule has 0 atom stereocenters. The van der Waals surface area contributed by atoms with Crippen molar-refractivity contribution in [3.63, 3.8) is 0 Å². The molecule has 34 heavy (non-hydrogen) atoms. The molecule has 9 heteroatoms. The third-order valence-electron chi connectivity index (χ3n) is 5.75. The third kappa shape index (κ3) is 6.37. The molecule has 180 valence electrons. The first-order chi connectivity index (χ1) is 16.6. The summed E-state index contributed by atoms with van der Waals surface area (Å²) in [5.41, 5.74) is 3.25. The molecule has 0 spiro atoms. The van der Waals surface area contributed by atoms with Crippen molar-refractivity contribution >= 4 is 34.7 Å². The highest BCUT2D eigenvalue weighted by molar-refractivity contribution is 7.98. The molecule has 1 aliphatic rings. The van der Waals surface area contributed by atoms with Crippen molar-refractivity contribution in [2.24, 2.45) is 0 Å². The van der Waals surface area contributed by atoms with Gasteiger partial charge in [0, 0.05) is 57.8 Å². The first-order valence-electron chi connectivity index (χ1n) is 11.5. The van der Waals surface area contributed by atoms with Crippen LogP contribution >= 0.6 is 11.8 Å². The summed E-state index contributed by atoms with van der Waals surface area (Å²) in [6, 6.07) is 15.4. The Bertz CT molecular complexity index is 1080. The maximum Gasteiger partial charge on any atom is 0.257 e. The van der Waals surface area contributed by atoms with Gasteiger partial charge in [-0.2, -0.15) is 0 Å². The molecule has 3 aromatic rings. The Labute approximate surface area is 203 Å². The Morgan fingerprint density at radius 1 is 1.09 bits per heavy atom. The number of carbonyl (C=O) groups is 2. The molecule has 1 fully saturated rings. The van der Waals surface area contributed by atoms with Crippen molar-refractivity contribution in [1.82, 2.24) is 20.1 Å². The topological polar surface area (TPSA) is 87.9 Å². The van der Waals surface area contributed by atoms with E-state index in [1.165, 1.54) is 11.8 Å². The van der Waals surface area contributed by atoms with Crippen LogP contribution in [0.3, 0.4) is 0 Å². The number of nitrogens with zero attached hydrogens (tertiary/aromatic N) is 3.